The lowest BCUT2D eigenvalue weighted by atomic mass is 10.2. The van der Waals surface area contributed by atoms with E-state index < -0.39 is 15.9 Å². The Morgan fingerprint density at radius 2 is 2.10 bits per heavy atom. The summed E-state index contributed by atoms with van der Waals surface area (Å²) in [5, 5.41) is 2.35. The monoisotopic (exact) mass is 335 g/mol. The number of thiocarbonyl (C=S) groups is 1. The van der Waals surface area contributed by atoms with Gasteiger partial charge in [-0.25, -0.2) is 8.42 Å². The van der Waals surface area contributed by atoms with Crippen LogP contribution in [0, 0.1) is 0 Å². The normalized spacial score (nSPS) is 11.4. The molecule has 3 N–H and O–H groups in total. The first kappa shape index (κ1) is 16.8. The highest BCUT2D eigenvalue weighted by Gasteiger charge is 2.25. The molecule has 0 atom stereocenters. The van der Waals surface area contributed by atoms with E-state index in [-0.39, 0.29) is 21.5 Å². The molecule has 1 aromatic rings. The van der Waals surface area contributed by atoms with Crippen molar-refractivity contribution in [2.24, 2.45) is 5.73 Å². The number of nitrogens with zero attached hydrogens (tertiary/aromatic N) is 1. The molecule has 20 heavy (non-hydrogen) atoms. The molecule has 6 nitrogen and oxygen atoms in total. The number of sulfonamides is 1. The summed E-state index contributed by atoms with van der Waals surface area (Å²) < 4.78 is 25.5. The number of carbonyl (C=O) groups excluding carboxylic acids is 1. The van der Waals surface area contributed by atoms with Crippen molar-refractivity contribution >= 4 is 44.7 Å². The van der Waals surface area contributed by atoms with Gasteiger partial charge >= 0.3 is 0 Å². The summed E-state index contributed by atoms with van der Waals surface area (Å²) in [5.41, 5.74) is 5.92. The standard InChI is InChI=1S/C11H14ClN3O3S2/c1-14-10(16)6-15(2)20(17,18)9-4-3-7(11(13)19)5-8(9)12/h3-5H,6H2,1-2H3,(H2,13,19)(H,14,16). The van der Waals surface area contributed by atoms with Crippen molar-refractivity contribution in [3.05, 3.63) is 28.8 Å². The van der Waals surface area contributed by atoms with Crippen LogP contribution in [-0.2, 0) is 14.8 Å². The second kappa shape index (κ2) is 6.49. The number of nitrogens with two attached hydrogens (primary N) is 1. The second-order valence-corrected chi connectivity index (χ2v) is 6.80. The number of amides is 1. The van der Waals surface area contributed by atoms with Crippen LogP contribution in [0.2, 0.25) is 5.02 Å². The number of carbonyl (C=O) groups is 1. The molecule has 1 amide bonds. The van der Waals surface area contributed by atoms with Gasteiger partial charge in [0.2, 0.25) is 15.9 Å². The zero-order valence-corrected chi connectivity index (χ0v) is 13.3. The smallest absolute Gasteiger partial charge is 0.244 e. The van der Waals surface area contributed by atoms with Crippen molar-refractivity contribution in [1.82, 2.24) is 9.62 Å². The Kier molecular flexibility index (Phi) is 5.46. The van der Waals surface area contributed by atoms with E-state index in [0.29, 0.717) is 5.56 Å². The Balaban J connectivity index is 3.16. The van der Waals surface area contributed by atoms with Crippen molar-refractivity contribution in [3.8, 4) is 0 Å². The molecule has 0 radical (unpaired) electrons. The molecule has 1 rings (SSSR count). The van der Waals surface area contributed by atoms with Gasteiger partial charge in [-0.3, -0.25) is 4.79 Å². The predicted octanol–water partition coefficient (Wildman–Crippen LogP) is 0.341. The van der Waals surface area contributed by atoms with Crippen molar-refractivity contribution in [1.29, 1.82) is 0 Å². The van der Waals surface area contributed by atoms with E-state index in [2.05, 4.69) is 5.32 Å². The Morgan fingerprint density at radius 3 is 2.55 bits per heavy atom. The molecule has 0 aliphatic heterocycles. The molecule has 0 aliphatic rings. The largest absolute Gasteiger partial charge is 0.389 e. The Hall–Kier alpha value is -1.22. The summed E-state index contributed by atoms with van der Waals surface area (Å²) in [7, 11) is -1.14. The first-order valence-corrected chi connectivity index (χ1v) is 7.69. The average Bonchev–Trinajstić information content (AvgIpc) is 2.37. The van der Waals surface area contributed by atoms with E-state index in [1.807, 2.05) is 0 Å². The van der Waals surface area contributed by atoms with Crippen LogP contribution in [0.15, 0.2) is 23.1 Å². The fraction of sp³-hybridized carbons (Fsp3) is 0.273. The van der Waals surface area contributed by atoms with Crippen molar-refractivity contribution in [2.45, 2.75) is 4.90 Å². The number of hydrogen-bond donors (Lipinski definition) is 2. The third kappa shape index (κ3) is 3.66. The number of likely N-dealkylation sites (N-methyl/N-ethyl adjacent to an activating group) is 2. The average molecular weight is 336 g/mol. The summed E-state index contributed by atoms with van der Waals surface area (Å²) in [6.07, 6.45) is 0. The molecule has 0 saturated heterocycles. The Morgan fingerprint density at radius 1 is 1.50 bits per heavy atom. The molecule has 9 heteroatoms. The molecule has 0 spiro atoms. The predicted molar refractivity (Wildman–Crippen MR) is 81.2 cm³/mol. The van der Waals surface area contributed by atoms with E-state index in [1.54, 1.807) is 0 Å². The van der Waals surface area contributed by atoms with Crippen LogP contribution >= 0.6 is 23.8 Å². The summed E-state index contributed by atoms with van der Waals surface area (Å²) in [4.78, 5) is 11.3. The van der Waals surface area contributed by atoms with Crippen LogP contribution in [0.1, 0.15) is 5.56 Å². The maximum Gasteiger partial charge on any atom is 0.244 e. The fourth-order valence-electron chi connectivity index (χ4n) is 1.40. The van der Waals surface area contributed by atoms with Gasteiger partial charge in [0.25, 0.3) is 0 Å². The lowest BCUT2D eigenvalue weighted by Crippen LogP contribution is -2.37. The van der Waals surface area contributed by atoms with Crippen LogP contribution in [0.3, 0.4) is 0 Å². The molecule has 0 aromatic heterocycles. The highest BCUT2D eigenvalue weighted by atomic mass is 35.5. The first-order valence-electron chi connectivity index (χ1n) is 5.46. The Labute approximate surface area is 127 Å². The zero-order chi connectivity index (χ0) is 15.5. The van der Waals surface area contributed by atoms with E-state index in [1.165, 1.54) is 32.3 Å². The van der Waals surface area contributed by atoms with Gasteiger partial charge in [-0.05, 0) is 12.1 Å². The van der Waals surface area contributed by atoms with Crippen LogP contribution in [-0.4, -0.2) is 44.3 Å². The maximum absolute atomic E-state index is 12.3. The number of hydrogen-bond acceptors (Lipinski definition) is 4. The van der Waals surface area contributed by atoms with E-state index >= 15 is 0 Å². The number of rotatable bonds is 5. The minimum absolute atomic E-state index is 0.000873. The first-order chi connectivity index (χ1) is 9.20. The summed E-state index contributed by atoms with van der Waals surface area (Å²) in [6, 6.07) is 4.16. The SMILES string of the molecule is CNC(=O)CN(C)S(=O)(=O)c1ccc(C(N)=S)cc1Cl. The molecule has 0 saturated carbocycles. The lowest BCUT2D eigenvalue weighted by molar-refractivity contribution is -0.120. The summed E-state index contributed by atoms with van der Waals surface area (Å²) >= 11 is 10.7. The van der Waals surface area contributed by atoms with Gasteiger partial charge < -0.3 is 11.1 Å². The number of nitrogens with one attached hydrogen (secondary N) is 1. The van der Waals surface area contributed by atoms with Gasteiger partial charge in [0.05, 0.1) is 11.6 Å². The zero-order valence-electron chi connectivity index (χ0n) is 10.9. The van der Waals surface area contributed by atoms with E-state index in [0.717, 1.165) is 4.31 Å². The van der Waals surface area contributed by atoms with Gasteiger partial charge in [0.15, 0.2) is 0 Å². The van der Waals surface area contributed by atoms with Gasteiger partial charge in [-0.1, -0.05) is 29.9 Å². The van der Waals surface area contributed by atoms with Crippen LogP contribution in [0.25, 0.3) is 0 Å². The molecular formula is C11H14ClN3O3S2. The lowest BCUT2D eigenvalue weighted by Gasteiger charge is -2.17. The van der Waals surface area contributed by atoms with Crippen LogP contribution in [0.5, 0.6) is 0 Å². The quantitative estimate of drug-likeness (QED) is 0.757. The Bertz CT molecular complexity index is 646. The summed E-state index contributed by atoms with van der Waals surface area (Å²) in [5.74, 6) is -0.424. The molecule has 0 fully saturated rings. The fourth-order valence-corrected chi connectivity index (χ4v) is 3.17. The van der Waals surface area contributed by atoms with E-state index in [9.17, 15) is 13.2 Å². The maximum atomic E-state index is 12.3. The molecule has 0 aliphatic carbocycles. The highest BCUT2D eigenvalue weighted by molar-refractivity contribution is 7.89. The topological polar surface area (TPSA) is 92.5 Å². The van der Waals surface area contributed by atoms with Gasteiger partial charge in [0.1, 0.15) is 9.88 Å². The molecular weight excluding hydrogens is 322 g/mol. The molecule has 110 valence electrons. The molecule has 0 heterocycles. The second-order valence-electron chi connectivity index (χ2n) is 3.94. The minimum Gasteiger partial charge on any atom is -0.389 e. The molecule has 0 unspecified atom stereocenters. The highest BCUT2D eigenvalue weighted by Crippen LogP contribution is 2.25. The van der Waals surface area contributed by atoms with Crippen molar-refractivity contribution in [2.75, 3.05) is 20.6 Å². The van der Waals surface area contributed by atoms with Crippen molar-refractivity contribution in [3.63, 3.8) is 0 Å². The number of halogens is 1. The van der Waals surface area contributed by atoms with Crippen molar-refractivity contribution < 1.29 is 13.2 Å². The molecule has 0 bridgehead atoms. The summed E-state index contributed by atoms with van der Waals surface area (Å²) in [6.45, 7) is -0.299. The third-order valence-corrected chi connectivity index (χ3v) is 5.07. The molecule has 1 aromatic carbocycles. The van der Waals surface area contributed by atoms with Gasteiger partial charge in [0, 0.05) is 19.7 Å². The minimum atomic E-state index is -3.86. The van der Waals surface area contributed by atoms with Gasteiger partial charge in [-0.2, -0.15) is 4.31 Å². The van der Waals surface area contributed by atoms with E-state index in [4.69, 9.17) is 29.6 Å². The van der Waals surface area contributed by atoms with Crippen LogP contribution in [0.4, 0.5) is 0 Å². The van der Waals surface area contributed by atoms with Crippen LogP contribution < -0.4 is 11.1 Å². The third-order valence-electron chi connectivity index (χ3n) is 2.55. The number of benzene rings is 1. The van der Waals surface area contributed by atoms with Gasteiger partial charge in [-0.15, -0.1) is 0 Å².